The smallest absolute Gasteiger partial charge is 0.441 e. The van der Waals surface area contributed by atoms with E-state index in [4.69, 9.17) is 43.9 Å². The lowest BCUT2D eigenvalue weighted by atomic mass is 10.0. The number of nitro groups is 1. The first kappa shape index (κ1) is 62.9. The number of aromatic nitrogens is 2. The van der Waals surface area contributed by atoms with E-state index in [2.05, 4.69) is 40.6 Å². The first-order chi connectivity index (χ1) is 36.6. The van der Waals surface area contributed by atoms with Crippen LogP contribution in [0.4, 0.5) is 21.1 Å². The molecule has 1 aromatic carbocycles. The number of benzene rings is 1. The van der Waals surface area contributed by atoms with Crippen molar-refractivity contribution in [2.24, 2.45) is 0 Å². The number of amides is 5. The number of nitrogen functional groups attached to an aromatic ring is 1. The molecule has 77 heavy (non-hydrogen) atoms. The van der Waals surface area contributed by atoms with Gasteiger partial charge in [-0.05, 0) is 44.2 Å². The van der Waals surface area contributed by atoms with Gasteiger partial charge in [0.05, 0.1) is 82.0 Å². The van der Waals surface area contributed by atoms with Crippen molar-refractivity contribution in [1.29, 1.82) is 0 Å². The fourth-order valence-electron chi connectivity index (χ4n) is 8.22. The number of ether oxygens (including phenoxy) is 6. The highest BCUT2D eigenvalue weighted by Gasteiger charge is 2.49. The van der Waals surface area contributed by atoms with Gasteiger partial charge >= 0.3 is 33.5 Å². The van der Waals surface area contributed by atoms with Gasteiger partial charge in [-0.25, -0.2) is 23.5 Å². The molecule has 3 unspecified atom stereocenters. The quantitative estimate of drug-likeness (QED) is 0.0141. The molecule has 3 saturated heterocycles. The Kier molecular flexibility index (Phi) is 25.4. The number of aliphatic hydroxyl groups excluding tert-OH is 1. The molecule has 5 rings (SSSR count). The third-order valence-corrected chi connectivity index (χ3v) is 14.5. The van der Waals surface area contributed by atoms with E-state index in [-0.39, 0.29) is 105 Å². The van der Waals surface area contributed by atoms with Crippen LogP contribution in [0.5, 0.6) is 0 Å². The molecule has 8 atom stereocenters. The largest absolute Gasteiger partial charge is 0.470 e. The number of fused-ring (bicyclic) bond motifs is 1. The van der Waals surface area contributed by atoms with Gasteiger partial charge in [0.1, 0.15) is 30.2 Å². The lowest BCUT2D eigenvalue weighted by molar-refractivity contribution is -0.386. The molecule has 3 fully saturated rings. The number of aryl methyl sites for hydroxylation is 1. The number of anilines is 1. The molecule has 34 heteroatoms. The lowest BCUT2D eigenvalue weighted by Crippen LogP contribution is -2.38. The van der Waals surface area contributed by atoms with Gasteiger partial charge in [-0.15, -0.1) is 0 Å². The third-order valence-electron chi connectivity index (χ3n) is 11.9. The van der Waals surface area contributed by atoms with Crippen LogP contribution in [0.15, 0.2) is 29.2 Å². The number of nitrogens with one attached hydrogen (secondary N) is 5. The SMILES string of the molecule is CC(OC(=O)NCCCc1cn([C@@H]2O[C@H](COP(=O)(O)O)C(OP(=O)(O)O)C2O)c(=O)nc1N)c1cc(CNC(=O)CCOCCOCCOCCOCCNC(=O)CCCC[C@@H]2SC[C@@H]3NC(=O)N[C@@H]32)ccc1[N+](=O)[O-]. The predicted octanol–water partition coefficient (Wildman–Crippen LogP) is -0.0861. The van der Waals surface area contributed by atoms with E-state index < -0.39 is 69.6 Å². The van der Waals surface area contributed by atoms with E-state index in [1.54, 1.807) is 0 Å². The fraction of sp³-hybridized carbons (Fsp3) is 0.674. The van der Waals surface area contributed by atoms with Crippen molar-refractivity contribution in [3.63, 3.8) is 0 Å². The molecule has 432 valence electrons. The number of urea groups is 1. The summed E-state index contributed by atoms with van der Waals surface area (Å²) in [7, 11) is -10.4. The second-order valence-electron chi connectivity index (χ2n) is 17.7. The molecule has 5 amide bonds. The molecule has 4 heterocycles. The number of unbranched alkanes of at least 4 members (excludes halogenated alkanes) is 1. The standard InChI is InChI=1S/C43H67N9O22P2S/c1-26(72-43(58)46-11-4-5-28-23-51(42(57)50-39(28)44)40-37(55)38(74-76(64,65)66)32(73-40)24-71-75(61,62)63)29-21-27(8-9-31(29)52(59)60)22-47-35(54)10-13-67-15-17-69-19-20-70-18-16-68-14-12-45-34(53)7-3-2-6-33-36-30(25-77-33)48-41(56)49-36/h8-9,21,23,26,30,32-33,36-38,40,55H,2-7,10-20,22,24-25H2,1H3,(H,45,53)(H,46,58)(H,47,54)(H2,44,50,57)(H2,48,49,56)(H2,61,62,63)(H2,64,65,66)/t26?,30-,32+,33-,36-,37?,38?,40+/m0/s1. The van der Waals surface area contributed by atoms with Crippen LogP contribution in [0.3, 0.4) is 0 Å². The number of nitrogens with two attached hydrogens (primary N) is 1. The molecule has 0 saturated carbocycles. The van der Waals surface area contributed by atoms with Crippen molar-refractivity contribution in [3.8, 4) is 0 Å². The van der Waals surface area contributed by atoms with Gasteiger partial charge < -0.3 is 85.4 Å². The van der Waals surface area contributed by atoms with Crippen LogP contribution in [0.25, 0.3) is 0 Å². The van der Waals surface area contributed by atoms with Crippen molar-refractivity contribution >= 4 is 62.9 Å². The van der Waals surface area contributed by atoms with Gasteiger partial charge in [-0.2, -0.15) is 16.7 Å². The molecule has 31 nitrogen and oxygen atoms in total. The van der Waals surface area contributed by atoms with Crippen LogP contribution in [-0.4, -0.2) is 177 Å². The van der Waals surface area contributed by atoms with Gasteiger partial charge in [0.25, 0.3) is 5.69 Å². The molecular weight excluding hydrogens is 1090 g/mol. The first-order valence-electron chi connectivity index (χ1n) is 24.5. The molecule has 1 aromatic heterocycles. The molecule has 0 radical (unpaired) electrons. The minimum absolute atomic E-state index is 0.00204. The Bertz CT molecular complexity index is 2450. The van der Waals surface area contributed by atoms with Crippen LogP contribution in [-0.2, 0) is 69.2 Å². The Hall–Kier alpha value is -4.89. The van der Waals surface area contributed by atoms with Crippen LogP contribution in [0, 0.1) is 10.1 Å². The number of hydrogen-bond acceptors (Lipinski definition) is 21. The van der Waals surface area contributed by atoms with Gasteiger partial charge in [-0.1, -0.05) is 12.5 Å². The predicted molar refractivity (Wildman–Crippen MR) is 269 cm³/mol. The number of phosphoric acid groups is 2. The molecule has 3 aliphatic heterocycles. The van der Waals surface area contributed by atoms with Gasteiger partial charge in [-0.3, -0.25) is 33.3 Å². The number of phosphoric ester groups is 2. The maximum Gasteiger partial charge on any atom is 0.470 e. The zero-order valence-corrected chi connectivity index (χ0v) is 44.6. The number of carbonyl (C=O) groups is 4. The Morgan fingerprint density at radius 3 is 2.27 bits per heavy atom. The van der Waals surface area contributed by atoms with Crippen LogP contribution in [0.1, 0.15) is 74.5 Å². The summed E-state index contributed by atoms with van der Waals surface area (Å²) < 4.78 is 65.3. The van der Waals surface area contributed by atoms with Gasteiger partial charge in [0, 0.05) is 61.3 Å². The third kappa shape index (κ3) is 21.7. The van der Waals surface area contributed by atoms with E-state index in [1.165, 1.54) is 25.1 Å². The summed E-state index contributed by atoms with van der Waals surface area (Å²) in [4.78, 5) is 113. The summed E-state index contributed by atoms with van der Waals surface area (Å²) in [6.45, 7) is 3.12. The van der Waals surface area contributed by atoms with Crippen molar-refractivity contribution in [3.05, 3.63) is 61.7 Å². The van der Waals surface area contributed by atoms with Crippen LogP contribution < -0.4 is 38.0 Å². The fourth-order valence-corrected chi connectivity index (χ4v) is 10.7. The van der Waals surface area contributed by atoms with Crippen molar-refractivity contribution in [1.82, 2.24) is 36.1 Å². The lowest BCUT2D eigenvalue weighted by Gasteiger charge is -2.21. The van der Waals surface area contributed by atoms with E-state index in [0.717, 1.165) is 35.8 Å². The number of rotatable bonds is 35. The monoisotopic (exact) mass is 1160 g/mol. The number of nitrogens with zero attached hydrogens (tertiary/aromatic N) is 3. The number of nitro benzene ring substituents is 1. The molecular formula is C43H67N9O22P2S. The summed E-state index contributed by atoms with van der Waals surface area (Å²) >= 11 is 1.86. The average molecular weight is 1160 g/mol. The van der Waals surface area contributed by atoms with Gasteiger partial charge in [0.2, 0.25) is 11.8 Å². The van der Waals surface area contributed by atoms with Crippen molar-refractivity contribution < 1.29 is 95.4 Å². The molecule has 3 aliphatic rings. The summed E-state index contributed by atoms with van der Waals surface area (Å²) in [5, 5.41) is 37.0. The zero-order valence-electron chi connectivity index (χ0n) is 42.0. The minimum Gasteiger partial charge on any atom is -0.441 e. The highest BCUT2D eigenvalue weighted by atomic mass is 32.2. The van der Waals surface area contributed by atoms with Crippen LogP contribution >= 0.6 is 27.4 Å². The average Bonchev–Trinajstić information content (AvgIpc) is 4.05. The number of aliphatic hydroxyl groups is 1. The zero-order chi connectivity index (χ0) is 56.1. The maximum atomic E-state index is 12.8. The highest BCUT2D eigenvalue weighted by Crippen LogP contribution is 2.45. The number of carbonyl (C=O) groups excluding carboxylic acids is 4. The molecule has 2 aromatic rings. The molecule has 0 bridgehead atoms. The number of alkyl carbamates (subject to hydrolysis) is 1. The minimum atomic E-state index is -5.31. The van der Waals surface area contributed by atoms with E-state index in [0.29, 0.717) is 56.8 Å². The second kappa shape index (κ2) is 31.0. The summed E-state index contributed by atoms with van der Waals surface area (Å²) in [6.07, 6.45) is -4.96. The summed E-state index contributed by atoms with van der Waals surface area (Å²) in [5.74, 6) is 0.302. The Morgan fingerprint density at radius 1 is 0.922 bits per heavy atom. The highest BCUT2D eigenvalue weighted by molar-refractivity contribution is 8.00. The number of thioether (sulfide) groups is 1. The molecule has 12 N–H and O–H groups in total. The maximum absolute atomic E-state index is 12.8. The number of hydrogen-bond donors (Lipinski definition) is 11. The summed E-state index contributed by atoms with van der Waals surface area (Å²) in [6, 6.07) is 4.38. The van der Waals surface area contributed by atoms with Crippen molar-refractivity contribution in [2.75, 3.05) is 84.0 Å². The first-order valence-corrected chi connectivity index (χ1v) is 28.6. The van der Waals surface area contributed by atoms with E-state index in [9.17, 15) is 58.1 Å². The second-order valence-corrected chi connectivity index (χ2v) is 21.4. The Balaban J connectivity index is 0.900. The normalized spacial score (nSPS) is 21.5. The topological polar surface area (TPSA) is 442 Å². The molecule has 0 aliphatic carbocycles. The van der Waals surface area contributed by atoms with Gasteiger partial charge in [0.15, 0.2) is 6.23 Å². The Labute approximate surface area is 445 Å². The van der Waals surface area contributed by atoms with Crippen LogP contribution in [0.2, 0.25) is 0 Å². The van der Waals surface area contributed by atoms with Crippen molar-refractivity contribution in [2.45, 2.75) is 106 Å². The Morgan fingerprint density at radius 2 is 1.60 bits per heavy atom. The molecule has 0 spiro atoms. The van der Waals surface area contributed by atoms with E-state index in [1.807, 2.05) is 11.8 Å². The van der Waals surface area contributed by atoms with E-state index >= 15 is 0 Å². The summed E-state index contributed by atoms with van der Waals surface area (Å²) in [5.41, 5.74) is 5.24.